The predicted octanol–water partition coefficient (Wildman–Crippen LogP) is 4.28. The molecule has 0 radical (unpaired) electrons. The molecule has 1 aromatic carbocycles. The highest BCUT2D eigenvalue weighted by molar-refractivity contribution is 5.69. The van der Waals surface area contributed by atoms with Gasteiger partial charge in [0.15, 0.2) is 0 Å². The normalized spacial score (nSPS) is 30.7. The molecule has 27 heavy (non-hydrogen) atoms. The summed E-state index contributed by atoms with van der Waals surface area (Å²) < 4.78 is 5.30. The van der Waals surface area contributed by atoms with Crippen molar-refractivity contribution in [3.05, 3.63) is 52.6 Å². The lowest BCUT2D eigenvalue weighted by Gasteiger charge is -2.49. The average Bonchev–Trinajstić information content (AvgIpc) is 2.93. The van der Waals surface area contributed by atoms with Crippen LogP contribution in [0.15, 0.2) is 24.4 Å². The van der Waals surface area contributed by atoms with Gasteiger partial charge in [0.1, 0.15) is 11.6 Å². The standard InChI is InChI=1S/C23H26N2O2/c1-13-24-12-16-11-21-20-6-4-15-10-17(27-14(2)26)5-7-18(15)19(20)8-9-23(21,3)22(16)25-13/h5,7,10,12,19-21H,4,6,8-9,11H2,1-3H3/t19-,20-,21+,23+/m1/s1. The Morgan fingerprint density at radius 1 is 1.26 bits per heavy atom. The van der Waals surface area contributed by atoms with Crippen LogP contribution in [0, 0.1) is 18.8 Å². The van der Waals surface area contributed by atoms with Gasteiger partial charge in [-0.25, -0.2) is 9.97 Å². The van der Waals surface area contributed by atoms with Crippen molar-refractivity contribution in [3.63, 3.8) is 0 Å². The number of hydrogen-bond acceptors (Lipinski definition) is 4. The second-order valence-corrected chi connectivity index (χ2v) is 8.82. The van der Waals surface area contributed by atoms with E-state index in [1.165, 1.54) is 48.6 Å². The average molecular weight is 362 g/mol. The molecule has 0 saturated heterocycles. The molecule has 4 atom stereocenters. The van der Waals surface area contributed by atoms with Gasteiger partial charge in [0, 0.05) is 18.5 Å². The molecule has 2 aromatic rings. The summed E-state index contributed by atoms with van der Waals surface area (Å²) in [4.78, 5) is 20.6. The van der Waals surface area contributed by atoms with E-state index in [9.17, 15) is 4.79 Å². The number of esters is 1. The molecule has 0 bridgehead atoms. The summed E-state index contributed by atoms with van der Waals surface area (Å²) in [5.41, 5.74) is 5.71. The van der Waals surface area contributed by atoms with Gasteiger partial charge in [0.05, 0.1) is 5.69 Å². The van der Waals surface area contributed by atoms with Crippen LogP contribution in [-0.2, 0) is 23.1 Å². The molecule has 0 unspecified atom stereocenters. The second-order valence-electron chi connectivity index (χ2n) is 8.82. The van der Waals surface area contributed by atoms with E-state index < -0.39 is 0 Å². The van der Waals surface area contributed by atoms with E-state index >= 15 is 0 Å². The zero-order valence-corrected chi connectivity index (χ0v) is 16.3. The first-order valence-corrected chi connectivity index (χ1v) is 10.1. The number of aromatic nitrogens is 2. The van der Waals surface area contributed by atoms with E-state index in [1.807, 2.05) is 13.0 Å². The van der Waals surface area contributed by atoms with Crippen LogP contribution in [0.4, 0.5) is 0 Å². The van der Waals surface area contributed by atoms with Gasteiger partial charge in [0.2, 0.25) is 0 Å². The van der Waals surface area contributed by atoms with Crippen molar-refractivity contribution in [1.82, 2.24) is 9.97 Å². The zero-order chi connectivity index (χ0) is 18.8. The predicted molar refractivity (Wildman–Crippen MR) is 103 cm³/mol. The van der Waals surface area contributed by atoms with Crippen LogP contribution in [0.1, 0.15) is 67.2 Å². The fourth-order valence-electron chi connectivity index (χ4n) is 6.15. The molecule has 0 N–H and O–H groups in total. The Labute approximate surface area is 160 Å². The molecule has 4 heteroatoms. The summed E-state index contributed by atoms with van der Waals surface area (Å²) in [7, 11) is 0. The van der Waals surface area contributed by atoms with E-state index in [0.29, 0.717) is 23.5 Å². The van der Waals surface area contributed by atoms with Crippen molar-refractivity contribution in [2.45, 2.75) is 64.2 Å². The maximum atomic E-state index is 11.3. The van der Waals surface area contributed by atoms with Crippen molar-refractivity contribution in [1.29, 1.82) is 0 Å². The Morgan fingerprint density at radius 2 is 2.11 bits per heavy atom. The molecule has 0 aliphatic heterocycles. The number of hydrogen-bond donors (Lipinski definition) is 0. The summed E-state index contributed by atoms with van der Waals surface area (Å²) in [5.74, 6) is 3.29. The molecule has 140 valence electrons. The van der Waals surface area contributed by atoms with E-state index in [0.717, 1.165) is 18.7 Å². The topological polar surface area (TPSA) is 52.1 Å². The summed E-state index contributed by atoms with van der Waals surface area (Å²) in [5, 5.41) is 0. The van der Waals surface area contributed by atoms with Crippen LogP contribution in [0.3, 0.4) is 0 Å². The summed E-state index contributed by atoms with van der Waals surface area (Å²) in [6.45, 7) is 5.89. The van der Waals surface area contributed by atoms with Crippen LogP contribution < -0.4 is 4.74 Å². The van der Waals surface area contributed by atoms with Gasteiger partial charge in [-0.15, -0.1) is 0 Å². The number of benzene rings is 1. The van der Waals surface area contributed by atoms with Crippen molar-refractivity contribution >= 4 is 5.97 Å². The number of aryl methyl sites for hydroxylation is 2. The van der Waals surface area contributed by atoms with Crippen molar-refractivity contribution < 1.29 is 9.53 Å². The van der Waals surface area contributed by atoms with Gasteiger partial charge in [-0.2, -0.15) is 0 Å². The Bertz CT molecular complexity index is 938. The quantitative estimate of drug-likeness (QED) is 0.561. The van der Waals surface area contributed by atoms with E-state index in [4.69, 9.17) is 9.72 Å². The smallest absolute Gasteiger partial charge is 0.308 e. The van der Waals surface area contributed by atoms with Gasteiger partial charge in [-0.1, -0.05) is 13.0 Å². The lowest BCUT2D eigenvalue weighted by Crippen LogP contribution is -2.43. The van der Waals surface area contributed by atoms with Crippen LogP contribution in [0.2, 0.25) is 0 Å². The second kappa shape index (κ2) is 5.88. The number of fused-ring (bicyclic) bond motifs is 7. The molecule has 0 spiro atoms. The SMILES string of the molecule is CC(=O)Oc1ccc2c(c1)CC[C@@H]1[C@@H]2CC[C@]2(C)c3nc(C)ncc3C[C@@H]12. The molecule has 1 aromatic heterocycles. The maximum Gasteiger partial charge on any atom is 0.308 e. The number of rotatable bonds is 1. The van der Waals surface area contributed by atoms with Crippen molar-refractivity contribution in [2.24, 2.45) is 11.8 Å². The molecule has 1 saturated carbocycles. The Hall–Kier alpha value is -2.23. The minimum absolute atomic E-state index is 0.194. The number of carbonyl (C=O) groups excluding carboxylic acids is 1. The summed E-state index contributed by atoms with van der Waals surface area (Å²) >= 11 is 0. The highest BCUT2D eigenvalue weighted by atomic mass is 16.5. The first kappa shape index (κ1) is 16.9. The number of carbonyl (C=O) groups is 1. The van der Waals surface area contributed by atoms with Crippen LogP contribution in [-0.4, -0.2) is 15.9 Å². The minimum atomic E-state index is -0.253. The fraction of sp³-hybridized carbons (Fsp3) is 0.522. The van der Waals surface area contributed by atoms with E-state index in [1.54, 1.807) is 0 Å². The van der Waals surface area contributed by atoms with Crippen LogP contribution in [0.5, 0.6) is 5.75 Å². The minimum Gasteiger partial charge on any atom is -0.427 e. The third-order valence-electron chi connectivity index (χ3n) is 7.31. The van der Waals surface area contributed by atoms with Gasteiger partial charge in [-0.3, -0.25) is 4.79 Å². The van der Waals surface area contributed by atoms with Gasteiger partial charge in [0.25, 0.3) is 0 Å². The van der Waals surface area contributed by atoms with Crippen molar-refractivity contribution in [3.8, 4) is 5.75 Å². The Balaban J connectivity index is 1.48. The highest BCUT2D eigenvalue weighted by Crippen LogP contribution is 2.59. The lowest BCUT2D eigenvalue weighted by atomic mass is 9.55. The monoisotopic (exact) mass is 362 g/mol. The van der Waals surface area contributed by atoms with Gasteiger partial charge in [-0.05, 0) is 85.6 Å². The third-order valence-corrected chi connectivity index (χ3v) is 7.31. The summed E-state index contributed by atoms with van der Waals surface area (Å²) in [6.07, 6.45) is 7.86. The van der Waals surface area contributed by atoms with Crippen LogP contribution in [0.25, 0.3) is 0 Å². The van der Waals surface area contributed by atoms with Gasteiger partial charge < -0.3 is 4.74 Å². The first-order chi connectivity index (χ1) is 13.0. The molecule has 1 fully saturated rings. The maximum absolute atomic E-state index is 11.3. The molecule has 4 nitrogen and oxygen atoms in total. The molecular weight excluding hydrogens is 336 g/mol. The molecule has 5 rings (SSSR count). The Morgan fingerprint density at radius 3 is 2.93 bits per heavy atom. The van der Waals surface area contributed by atoms with E-state index in [2.05, 4.69) is 30.2 Å². The first-order valence-electron chi connectivity index (χ1n) is 10.1. The van der Waals surface area contributed by atoms with Crippen LogP contribution >= 0.6 is 0 Å². The zero-order valence-electron chi connectivity index (χ0n) is 16.3. The Kier molecular flexibility index (Phi) is 3.68. The van der Waals surface area contributed by atoms with Crippen molar-refractivity contribution in [2.75, 3.05) is 0 Å². The number of ether oxygens (including phenoxy) is 1. The lowest BCUT2D eigenvalue weighted by molar-refractivity contribution is -0.131. The molecule has 3 aliphatic carbocycles. The highest BCUT2D eigenvalue weighted by Gasteiger charge is 2.53. The largest absolute Gasteiger partial charge is 0.427 e. The number of nitrogens with zero attached hydrogens (tertiary/aromatic N) is 2. The van der Waals surface area contributed by atoms with E-state index in [-0.39, 0.29) is 11.4 Å². The van der Waals surface area contributed by atoms with Gasteiger partial charge >= 0.3 is 5.97 Å². The fourth-order valence-corrected chi connectivity index (χ4v) is 6.15. The third kappa shape index (κ3) is 2.53. The molecule has 1 heterocycles. The molecule has 3 aliphatic rings. The summed E-state index contributed by atoms with van der Waals surface area (Å²) in [6, 6.07) is 6.26. The molecular formula is C23H26N2O2. The molecule has 0 amide bonds.